The molecule has 0 saturated carbocycles. The van der Waals surface area contributed by atoms with E-state index >= 15 is 0 Å². The quantitative estimate of drug-likeness (QED) is 0.374. The Balaban J connectivity index is 1.86. The van der Waals surface area contributed by atoms with Gasteiger partial charge in [-0.15, -0.1) is 0 Å². The van der Waals surface area contributed by atoms with Gasteiger partial charge in [-0.05, 0) is 67.0 Å². The van der Waals surface area contributed by atoms with Gasteiger partial charge in [0.25, 0.3) is 11.7 Å². The van der Waals surface area contributed by atoms with Crippen LogP contribution in [-0.4, -0.2) is 28.2 Å². The Morgan fingerprint density at radius 3 is 2.47 bits per heavy atom. The molecule has 6 heteroatoms. The molecule has 1 atom stereocenters. The number of likely N-dealkylation sites (tertiary alicyclic amines) is 1. The molecule has 1 heterocycles. The molecule has 0 spiro atoms. The summed E-state index contributed by atoms with van der Waals surface area (Å²) in [7, 11) is 0. The zero-order chi connectivity index (χ0) is 21.4. The van der Waals surface area contributed by atoms with Crippen molar-refractivity contribution in [3.8, 4) is 0 Å². The highest BCUT2D eigenvalue weighted by Crippen LogP contribution is 2.41. The summed E-state index contributed by atoms with van der Waals surface area (Å²) in [6.45, 7) is 2.34. The number of aliphatic hydroxyl groups excluding tert-OH is 1. The average Bonchev–Trinajstić information content (AvgIpc) is 3.00. The number of aliphatic hydroxyl groups is 1. The number of halogens is 2. The van der Waals surface area contributed by atoms with E-state index in [1.54, 1.807) is 18.2 Å². The first kappa shape index (κ1) is 21.0. The zero-order valence-electron chi connectivity index (χ0n) is 16.8. The van der Waals surface area contributed by atoms with Crippen molar-refractivity contribution in [2.75, 3.05) is 6.54 Å². The Hall–Kier alpha value is -2.30. The van der Waals surface area contributed by atoms with E-state index in [2.05, 4.69) is 0 Å². The third kappa shape index (κ3) is 3.63. The molecule has 156 valence electrons. The van der Waals surface area contributed by atoms with E-state index in [9.17, 15) is 14.7 Å². The van der Waals surface area contributed by atoms with E-state index in [1.165, 1.54) is 16.0 Å². The van der Waals surface area contributed by atoms with Crippen LogP contribution in [0.1, 0.15) is 54.5 Å². The van der Waals surface area contributed by atoms with Gasteiger partial charge in [0.1, 0.15) is 5.76 Å². The van der Waals surface area contributed by atoms with Crippen LogP contribution in [0.5, 0.6) is 0 Å². The van der Waals surface area contributed by atoms with Crippen molar-refractivity contribution in [2.45, 2.75) is 45.1 Å². The molecule has 2 aliphatic rings. The summed E-state index contributed by atoms with van der Waals surface area (Å²) in [6, 6.07) is 10.1. The van der Waals surface area contributed by atoms with Gasteiger partial charge in [-0.2, -0.15) is 0 Å². The second-order valence-corrected chi connectivity index (χ2v) is 8.67. The minimum atomic E-state index is -0.698. The van der Waals surface area contributed by atoms with Crippen LogP contribution in [0.2, 0.25) is 10.0 Å². The molecule has 1 saturated heterocycles. The standard InChI is InChI=1S/C24H23Cl2NO3/c1-2-11-27-21(16-9-10-18(25)19(26)13-16)20(23(29)24(27)30)22(28)17-8-7-14-5-3-4-6-15(14)12-17/h7-10,12-13,21,28H,2-6,11H2,1H3/b22-20-. The Bertz CT molecular complexity index is 1060. The van der Waals surface area contributed by atoms with E-state index in [-0.39, 0.29) is 11.3 Å². The molecular formula is C24H23Cl2NO3. The summed E-state index contributed by atoms with van der Waals surface area (Å²) in [4.78, 5) is 27.2. The molecule has 1 N–H and O–H groups in total. The van der Waals surface area contributed by atoms with Crippen LogP contribution in [0.15, 0.2) is 42.0 Å². The van der Waals surface area contributed by atoms with Crippen molar-refractivity contribution in [1.82, 2.24) is 4.90 Å². The van der Waals surface area contributed by atoms with Gasteiger partial charge < -0.3 is 10.0 Å². The third-order valence-electron chi connectivity index (χ3n) is 5.89. The second kappa shape index (κ2) is 8.44. The van der Waals surface area contributed by atoms with Crippen molar-refractivity contribution in [2.24, 2.45) is 0 Å². The SMILES string of the molecule is CCCN1C(=O)C(=O)/C(=C(\O)c2ccc3c(c2)CCCC3)C1c1ccc(Cl)c(Cl)c1. The number of hydrogen-bond acceptors (Lipinski definition) is 3. The first-order valence-corrected chi connectivity index (χ1v) is 11.0. The van der Waals surface area contributed by atoms with Gasteiger partial charge in [-0.1, -0.05) is 48.3 Å². The molecular weight excluding hydrogens is 421 g/mol. The Morgan fingerprint density at radius 1 is 1.03 bits per heavy atom. The molecule has 1 fully saturated rings. The van der Waals surface area contributed by atoms with Gasteiger partial charge in [-0.3, -0.25) is 9.59 Å². The molecule has 2 aromatic rings. The lowest BCUT2D eigenvalue weighted by molar-refractivity contribution is -0.139. The topological polar surface area (TPSA) is 57.6 Å². The number of fused-ring (bicyclic) bond motifs is 1. The first-order chi connectivity index (χ1) is 14.4. The van der Waals surface area contributed by atoms with Gasteiger partial charge in [0, 0.05) is 12.1 Å². The van der Waals surface area contributed by atoms with Crippen molar-refractivity contribution in [3.05, 3.63) is 74.3 Å². The fourth-order valence-electron chi connectivity index (χ4n) is 4.42. The highest BCUT2D eigenvalue weighted by molar-refractivity contribution is 6.46. The largest absolute Gasteiger partial charge is 0.507 e. The normalized spacial score (nSPS) is 20.5. The summed E-state index contributed by atoms with van der Waals surface area (Å²) < 4.78 is 0. The van der Waals surface area contributed by atoms with Crippen LogP contribution in [-0.2, 0) is 22.4 Å². The van der Waals surface area contributed by atoms with Gasteiger partial charge in [0.2, 0.25) is 0 Å². The molecule has 2 aromatic carbocycles. The number of Topliss-reactive ketones (excluding diaryl/α,β-unsaturated/α-hetero) is 1. The maximum absolute atomic E-state index is 13.0. The highest BCUT2D eigenvalue weighted by Gasteiger charge is 2.45. The van der Waals surface area contributed by atoms with Crippen LogP contribution >= 0.6 is 23.2 Å². The van der Waals surface area contributed by atoms with Gasteiger partial charge in [0.15, 0.2) is 0 Å². The summed E-state index contributed by atoms with van der Waals surface area (Å²) in [5.74, 6) is -1.42. The van der Waals surface area contributed by atoms with Crippen LogP contribution in [0.25, 0.3) is 5.76 Å². The summed E-state index contributed by atoms with van der Waals surface area (Å²) in [5, 5.41) is 11.9. The predicted molar refractivity (Wildman–Crippen MR) is 119 cm³/mol. The smallest absolute Gasteiger partial charge is 0.295 e. The van der Waals surface area contributed by atoms with Crippen molar-refractivity contribution in [1.29, 1.82) is 0 Å². The lowest BCUT2D eigenvalue weighted by atomic mass is 9.88. The maximum atomic E-state index is 13.0. The average molecular weight is 444 g/mol. The maximum Gasteiger partial charge on any atom is 0.295 e. The molecule has 0 aromatic heterocycles. The number of carbonyl (C=O) groups is 2. The minimum Gasteiger partial charge on any atom is -0.507 e. The Labute approximate surface area is 186 Å². The molecule has 1 aliphatic carbocycles. The van der Waals surface area contributed by atoms with E-state index < -0.39 is 17.7 Å². The lowest BCUT2D eigenvalue weighted by Crippen LogP contribution is -2.30. The number of amides is 1. The minimum absolute atomic E-state index is 0.0996. The number of ketones is 1. The van der Waals surface area contributed by atoms with Crippen LogP contribution < -0.4 is 0 Å². The summed E-state index contributed by atoms with van der Waals surface area (Å²) >= 11 is 12.3. The number of rotatable bonds is 4. The van der Waals surface area contributed by atoms with E-state index in [0.29, 0.717) is 34.1 Å². The molecule has 4 nitrogen and oxygen atoms in total. The van der Waals surface area contributed by atoms with Crippen LogP contribution in [0.3, 0.4) is 0 Å². The molecule has 4 rings (SSSR count). The second-order valence-electron chi connectivity index (χ2n) is 7.86. The summed E-state index contributed by atoms with van der Waals surface area (Å²) in [6.07, 6.45) is 4.94. The van der Waals surface area contributed by atoms with Gasteiger partial charge in [-0.25, -0.2) is 0 Å². The number of benzene rings is 2. The fourth-order valence-corrected chi connectivity index (χ4v) is 4.72. The van der Waals surface area contributed by atoms with Gasteiger partial charge in [0.05, 0.1) is 21.7 Å². The molecule has 1 amide bonds. The first-order valence-electron chi connectivity index (χ1n) is 10.3. The molecule has 1 aliphatic heterocycles. The summed E-state index contributed by atoms with van der Waals surface area (Å²) in [5.41, 5.74) is 3.79. The molecule has 30 heavy (non-hydrogen) atoms. The van der Waals surface area contributed by atoms with Crippen LogP contribution in [0, 0.1) is 0 Å². The molecule has 0 radical (unpaired) electrons. The predicted octanol–water partition coefficient (Wildman–Crippen LogP) is 5.70. The number of carbonyl (C=O) groups excluding carboxylic acids is 2. The number of aryl methyl sites for hydroxylation is 2. The number of hydrogen-bond donors (Lipinski definition) is 1. The molecule has 1 unspecified atom stereocenters. The monoisotopic (exact) mass is 443 g/mol. The van der Waals surface area contributed by atoms with E-state index in [0.717, 1.165) is 25.7 Å². The van der Waals surface area contributed by atoms with E-state index in [4.69, 9.17) is 23.2 Å². The Kier molecular flexibility index (Phi) is 5.90. The van der Waals surface area contributed by atoms with Gasteiger partial charge >= 0.3 is 0 Å². The molecule has 0 bridgehead atoms. The lowest BCUT2D eigenvalue weighted by Gasteiger charge is -2.25. The van der Waals surface area contributed by atoms with Crippen molar-refractivity contribution >= 4 is 40.7 Å². The highest BCUT2D eigenvalue weighted by atomic mass is 35.5. The third-order valence-corrected chi connectivity index (χ3v) is 6.62. The Morgan fingerprint density at radius 2 is 1.77 bits per heavy atom. The van der Waals surface area contributed by atoms with Crippen molar-refractivity contribution in [3.63, 3.8) is 0 Å². The van der Waals surface area contributed by atoms with Crippen LogP contribution in [0.4, 0.5) is 0 Å². The van der Waals surface area contributed by atoms with E-state index in [1.807, 2.05) is 25.1 Å². The zero-order valence-corrected chi connectivity index (χ0v) is 18.3. The number of nitrogens with zero attached hydrogens (tertiary/aromatic N) is 1. The van der Waals surface area contributed by atoms with Crippen molar-refractivity contribution < 1.29 is 14.7 Å². The fraction of sp³-hybridized carbons (Fsp3) is 0.333.